The van der Waals surface area contributed by atoms with Crippen molar-refractivity contribution in [2.75, 3.05) is 26.7 Å². The number of urea groups is 1. The van der Waals surface area contributed by atoms with Gasteiger partial charge in [-0.15, -0.1) is 0 Å². The number of carbonyl (C=O) groups is 3. The molecule has 2 heterocycles. The third-order valence-corrected chi connectivity index (χ3v) is 8.60. The highest BCUT2D eigenvalue weighted by Crippen LogP contribution is 2.33. The van der Waals surface area contributed by atoms with Gasteiger partial charge >= 0.3 is 6.03 Å². The standard InChI is InChI=1S/C35H33FN6O5/c1-47-31-18-24(11-14-30(31)43)17-29-34(45)39(20-26-7-4-6-25-5-2-3-8-28(25)26)21-32-41(22-33(44)42(29)32)40(16-15-37)35(46)38-19-23-9-12-27(36)13-10-23/h2-14,18,29,32,43H,16-17,19-22H2,1H3,(H,38,46)/t29-,32+/m0/s1. The van der Waals surface area contributed by atoms with Crippen LogP contribution in [0, 0.1) is 17.1 Å². The van der Waals surface area contributed by atoms with Gasteiger partial charge in [0.1, 0.15) is 24.6 Å². The number of hydrogen-bond acceptors (Lipinski definition) is 7. The minimum Gasteiger partial charge on any atom is -0.504 e. The molecular weight excluding hydrogens is 603 g/mol. The van der Waals surface area contributed by atoms with Crippen LogP contribution < -0.4 is 10.1 Å². The SMILES string of the molecule is COc1cc(C[C@H]2C(=O)N(Cc3cccc4ccccc34)C[C@H]3N2C(=O)CN3N(CC#N)C(=O)NCc2ccc(F)cc2)ccc1O. The molecule has 6 rings (SSSR count). The van der Waals surface area contributed by atoms with Crippen LogP contribution in [0.15, 0.2) is 84.9 Å². The second-order valence-electron chi connectivity index (χ2n) is 11.5. The molecule has 0 aromatic heterocycles. The molecule has 240 valence electrons. The Morgan fingerprint density at radius 3 is 2.57 bits per heavy atom. The Bertz CT molecular complexity index is 1860. The first-order valence-corrected chi connectivity index (χ1v) is 15.1. The first-order chi connectivity index (χ1) is 22.8. The lowest BCUT2D eigenvalue weighted by Crippen LogP contribution is -2.66. The summed E-state index contributed by atoms with van der Waals surface area (Å²) in [7, 11) is 1.43. The minimum atomic E-state index is -0.929. The van der Waals surface area contributed by atoms with Gasteiger partial charge in [0, 0.05) is 19.5 Å². The number of nitrogens with zero attached hydrogens (tertiary/aromatic N) is 5. The zero-order valence-electron chi connectivity index (χ0n) is 25.7. The van der Waals surface area contributed by atoms with Crippen molar-refractivity contribution < 1.29 is 28.6 Å². The van der Waals surface area contributed by atoms with Gasteiger partial charge in [0.05, 0.1) is 26.3 Å². The summed E-state index contributed by atoms with van der Waals surface area (Å²) in [6.07, 6.45) is -0.615. The lowest BCUT2D eigenvalue weighted by atomic mass is 9.98. The maximum absolute atomic E-state index is 14.3. The van der Waals surface area contributed by atoms with E-state index >= 15 is 0 Å². The molecule has 47 heavy (non-hydrogen) atoms. The normalized spacial score (nSPS) is 17.8. The Labute approximate surface area is 270 Å². The van der Waals surface area contributed by atoms with E-state index in [1.165, 1.54) is 35.2 Å². The highest BCUT2D eigenvalue weighted by molar-refractivity contribution is 5.92. The molecule has 0 spiro atoms. The Hall–Kier alpha value is -5.67. The van der Waals surface area contributed by atoms with E-state index < -0.39 is 24.1 Å². The van der Waals surface area contributed by atoms with Crippen LogP contribution in [0.5, 0.6) is 11.5 Å². The lowest BCUT2D eigenvalue weighted by Gasteiger charge is -2.46. The zero-order chi connectivity index (χ0) is 33.1. The van der Waals surface area contributed by atoms with Crippen LogP contribution in [-0.4, -0.2) is 81.7 Å². The number of aromatic hydroxyl groups is 1. The van der Waals surface area contributed by atoms with Crippen molar-refractivity contribution in [2.24, 2.45) is 0 Å². The monoisotopic (exact) mass is 636 g/mol. The molecule has 0 aliphatic carbocycles. The van der Waals surface area contributed by atoms with Gasteiger partial charge < -0.3 is 25.0 Å². The quantitative estimate of drug-likeness (QED) is 0.268. The number of benzene rings is 4. The highest BCUT2D eigenvalue weighted by Gasteiger charge is 2.52. The molecule has 0 unspecified atom stereocenters. The summed E-state index contributed by atoms with van der Waals surface area (Å²) >= 11 is 0. The maximum atomic E-state index is 14.3. The fourth-order valence-corrected chi connectivity index (χ4v) is 6.32. The number of methoxy groups -OCH3 is 1. The Kier molecular flexibility index (Phi) is 8.90. The van der Waals surface area contributed by atoms with Gasteiger partial charge in [-0.25, -0.2) is 14.2 Å². The summed E-state index contributed by atoms with van der Waals surface area (Å²) in [5.74, 6) is -0.838. The first-order valence-electron chi connectivity index (χ1n) is 15.1. The van der Waals surface area contributed by atoms with Crippen LogP contribution in [-0.2, 0) is 29.1 Å². The number of piperazine rings is 1. The van der Waals surface area contributed by atoms with Crippen LogP contribution in [0.2, 0.25) is 0 Å². The van der Waals surface area contributed by atoms with E-state index in [4.69, 9.17) is 4.74 Å². The number of fused-ring (bicyclic) bond motifs is 2. The number of rotatable bonds is 9. The van der Waals surface area contributed by atoms with E-state index in [0.717, 1.165) is 16.3 Å². The third-order valence-electron chi connectivity index (χ3n) is 8.60. The van der Waals surface area contributed by atoms with Gasteiger partial charge in [0.15, 0.2) is 11.5 Å². The first kappa shape index (κ1) is 31.3. The van der Waals surface area contributed by atoms with Crippen LogP contribution >= 0.6 is 0 Å². The number of halogens is 1. The fourth-order valence-electron chi connectivity index (χ4n) is 6.32. The summed E-state index contributed by atoms with van der Waals surface area (Å²) in [5.41, 5.74) is 2.25. The number of ether oxygens (including phenoxy) is 1. The fraction of sp³-hybridized carbons (Fsp3) is 0.257. The number of nitriles is 1. The second kappa shape index (κ2) is 13.4. The molecule has 2 N–H and O–H groups in total. The smallest absolute Gasteiger partial charge is 0.333 e. The molecule has 2 fully saturated rings. The van der Waals surface area contributed by atoms with Crippen LogP contribution in [0.1, 0.15) is 16.7 Å². The molecule has 4 amide bonds. The van der Waals surface area contributed by atoms with E-state index in [9.17, 15) is 29.1 Å². The molecular formula is C35H33FN6O5. The van der Waals surface area contributed by atoms with Gasteiger partial charge in [-0.3, -0.25) is 9.59 Å². The van der Waals surface area contributed by atoms with Crippen molar-refractivity contribution in [3.05, 3.63) is 107 Å². The topological polar surface area (TPSA) is 129 Å². The van der Waals surface area contributed by atoms with Gasteiger partial charge in [0.2, 0.25) is 11.8 Å². The molecule has 4 aromatic carbocycles. The van der Waals surface area contributed by atoms with Crippen molar-refractivity contribution in [3.63, 3.8) is 0 Å². The van der Waals surface area contributed by atoms with Gasteiger partial charge in [0.25, 0.3) is 0 Å². The Balaban J connectivity index is 1.33. The molecule has 2 saturated heterocycles. The predicted octanol–water partition coefficient (Wildman–Crippen LogP) is 3.77. The molecule has 4 aromatic rings. The molecule has 2 aliphatic heterocycles. The van der Waals surface area contributed by atoms with Crippen molar-refractivity contribution in [1.29, 1.82) is 5.26 Å². The van der Waals surface area contributed by atoms with Crippen molar-refractivity contribution in [3.8, 4) is 17.6 Å². The van der Waals surface area contributed by atoms with Crippen molar-refractivity contribution >= 4 is 28.6 Å². The summed E-state index contributed by atoms with van der Waals surface area (Å²) < 4.78 is 18.7. The largest absolute Gasteiger partial charge is 0.504 e. The molecule has 12 heteroatoms. The second-order valence-corrected chi connectivity index (χ2v) is 11.5. The van der Waals surface area contributed by atoms with E-state index in [-0.39, 0.29) is 62.5 Å². The summed E-state index contributed by atoms with van der Waals surface area (Å²) in [4.78, 5) is 44.6. The number of phenols is 1. The average molecular weight is 637 g/mol. The Morgan fingerprint density at radius 1 is 1.06 bits per heavy atom. The zero-order valence-corrected chi connectivity index (χ0v) is 25.7. The van der Waals surface area contributed by atoms with E-state index in [0.29, 0.717) is 11.1 Å². The minimum absolute atomic E-state index is 0.0519. The number of carbonyl (C=O) groups excluding carboxylic acids is 3. The van der Waals surface area contributed by atoms with Crippen LogP contribution in [0.25, 0.3) is 10.8 Å². The molecule has 2 atom stereocenters. The molecule has 0 bridgehead atoms. The summed E-state index contributed by atoms with van der Waals surface area (Å²) in [5, 5.41) is 27.4. The highest BCUT2D eigenvalue weighted by atomic mass is 19.1. The maximum Gasteiger partial charge on any atom is 0.333 e. The molecule has 0 radical (unpaired) electrons. The van der Waals surface area contributed by atoms with Crippen molar-refractivity contribution in [2.45, 2.75) is 31.7 Å². The lowest BCUT2D eigenvalue weighted by molar-refractivity contribution is -0.157. The average Bonchev–Trinajstić information content (AvgIpc) is 3.40. The number of hydrazine groups is 1. The van der Waals surface area contributed by atoms with Gasteiger partial charge in [-0.05, 0) is 51.7 Å². The van der Waals surface area contributed by atoms with E-state index in [2.05, 4.69) is 5.32 Å². The number of phenolic OH excluding ortho intramolecular Hbond substituents is 1. The molecule has 0 saturated carbocycles. The summed E-state index contributed by atoms with van der Waals surface area (Å²) in [6, 6.07) is 24.7. The predicted molar refractivity (Wildman–Crippen MR) is 170 cm³/mol. The molecule has 2 aliphatic rings. The van der Waals surface area contributed by atoms with Crippen LogP contribution in [0.3, 0.4) is 0 Å². The number of hydrogen-bond donors (Lipinski definition) is 2. The van der Waals surface area contributed by atoms with E-state index in [1.807, 2.05) is 48.5 Å². The van der Waals surface area contributed by atoms with Crippen LogP contribution in [0.4, 0.5) is 9.18 Å². The Morgan fingerprint density at radius 2 is 1.81 bits per heavy atom. The van der Waals surface area contributed by atoms with Gasteiger partial charge in [-0.2, -0.15) is 10.3 Å². The number of amides is 4. The van der Waals surface area contributed by atoms with Crippen molar-refractivity contribution in [1.82, 2.24) is 25.1 Å². The van der Waals surface area contributed by atoms with Gasteiger partial charge in [-0.1, -0.05) is 60.7 Å². The van der Waals surface area contributed by atoms with E-state index in [1.54, 1.807) is 34.2 Å². The molecule has 11 nitrogen and oxygen atoms in total. The third kappa shape index (κ3) is 6.39. The number of nitrogens with one attached hydrogen (secondary N) is 1. The summed E-state index contributed by atoms with van der Waals surface area (Å²) in [6.45, 7) is -0.132.